The Kier molecular flexibility index (Phi) is 4.30. The van der Waals surface area contributed by atoms with Crippen LogP contribution in [0.1, 0.15) is 31.7 Å². The Bertz CT molecular complexity index is 378. The lowest BCUT2D eigenvalue weighted by Gasteiger charge is -2.27. The fourth-order valence-electron chi connectivity index (χ4n) is 2.68. The first kappa shape index (κ1) is 12.7. The van der Waals surface area contributed by atoms with Crippen LogP contribution < -0.4 is 10.6 Å². The molecule has 0 aliphatic carbocycles. The van der Waals surface area contributed by atoms with E-state index in [2.05, 4.69) is 30.0 Å². The lowest BCUT2D eigenvalue weighted by molar-refractivity contribution is 0.645. The SMILES string of the molecule is CCC1CCCN1c1ccc(CCN)cc1Cl. The van der Waals surface area contributed by atoms with Crippen molar-refractivity contribution < 1.29 is 0 Å². The van der Waals surface area contributed by atoms with Crippen molar-refractivity contribution in [2.24, 2.45) is 5.73 Å². The van der Waals surface area contributed by atoms with Crippen molar-refractivity contribution in [3.05, 3.63) is 28.8 Å². The molecule has 1 saturated heterocycles. The van der Waals surface area contributed by atoms with E-state index in [-0.39, 0.29) is 0 Å². The van der Waals surface area contributed by atoms with Crippen molar-refractivity contribution >= 4 is 17.3 Å². The van der Waals surface area contributed by atoms with Gasteiger partial charge in [0.2, 0.25) is 0 Å². The molecule has 2 rings (SSSR count). The van der Waals surface area contributed by atoms with Gasteiger partial charge in [-0.05, 0) is 49.9 Å². The van der Waals surface area contributed by atoms with Gasteiger partial charge in [-0.3, -0.25) is 0 Å². The number of nitrogens with two attached hydrogens (primary N) is 1. The maximum atomic E-state index is 6.38. The Balaban J connectivity index is 2.20. The number of rotatable bonds is 4. The standard InChI is InChI=1S/C14H21ClN2/c1-2-12-4-3-9-17(12)14-6-5-11(7-8-16)10-13(14)15/h5-6,10,12H,2-4,7-9,16H2,1H3. The number of anilines is 1. The molecule has 0 spiro atoms. The van der Waals surface area contributed by atoms with E-state index in [4.69, 9.17) is 17.3 Å². The molecule has 0 saturated carbocycles. The molecule has 1 aliphatic heterocycles. The monoisotopic (exact) mass is 252 g/mol. The van der Waals surface area contributed by atoms with E-state index in [9.17, 15) is 0 Å². The van der Waals surface area contributed by atoms with Crippen molar-refractivity contribution in [2.75, 3.05) is 18.0 Å². The van der Waals surface area contributed by atoms with Crippen LogP contribution in [0, 0.1) is 0 Å². The van der Waals surface area contributed by atoms with Gasteiger partial charge in [-0.1, -0.05) is 24.6 Å². The minimum absolute atomic E-state index is 0.660. The summed E-state index contributed by atoms with van der Waals surface area (Å²) >= 11 is 6.38. The van der Waals surface area contributed by atoms with Crippen molar-refractivity contribution in [3.63, 3.8) is 0 Å². The second-order valence-electron chi connectivity index (χ2n) is 4.72. The first-order valence-corrected chi connectivity index (χ1v) is 6.89. The Morgan fingerprint density at radius 2 is 2.29 bits per heavy atom. The Labute approximate surface area is 109 Å². The van der Waals surface area contributed by atoms with Crippen LogP contribution in [0.3, 0.4) is 0 Å². The molecule has 3 heteroatoms. The minimum Gasteiger partial charge on any atom is -0.367 e. The highest BCUT2D eigenvalue weighted by molar-refractivity contribution is 6.33. The zero-order valence-corrected chi connectivity index (χ0v) is 11.2. The van der Waals surface area contributed by atoms with E-state index in [0.29, 0.717) is 12.6 Å². The van der Waals surface area contributed by atoms with Gasteiger partial charge in [0, 0.05) is 12.6 Å². The van der Waals surface area contributed by atoms with Crippen LogP contribution in [0.15, 0.2) is 18.2 Å². The highest BCUT2D eigenvalue weighted by Gasteiger charge is 2.24. The molecule has 0 bridgehead atoms. The average molecular weight is 253 g/mol. The van der Waals surface area contributed by atoms with Crippen molar-refractivity contribution in [2.45, 2.75) is 38.6 Å². The summed E-state index contributed by atoms with van der Waals surface area (Å²) in [4.78, 5) is 2.45. The van der Waals surface area contributed by atoms with Gasteiger partial charge >= 0.3 is 0 Å². The zero-order valence-electron chi connectivity index (χ0n) is 10.5. The summed E-state index contributed by atoms with van der Waals surface area (Å²) in [5.41, 5.74) is 7.98. The molecule has 0 aromatic heterocycles. The lowest BCUT2D eigenvalue weighted by Crippen LogP contribution is -2.28. The molecule has 0 radical (unpaired) electrons. The molecule has 1 unspecified atom stereocenters. The minimum atomic E-state index is 0.660. The van der Waals surface area contributed by atoms with Crippen molar-refractivity contribution in [3.8, 4) is 0 Å². The molecular formula is C14H21ClN2. The fourth-order valence-corrected chi connectivity index (χ4v) is 2.99. The third-order valence-electron chi connectivity index (χ3n) is 3.60. The van der Waals surface area contributed by atoms with E-state index >= 15 is 0 Å². The molecule has 94 valence electrons. The first-order valence-electron chi connectivity index (χ1n) is 6.51. The second kappa shape index (κ2) is 5.74. The van der Waals surface area contributed by atoms with Crippen molar-refractivity contribution in [1.82, 2.24) is 0 Å². The molecule has 17 heavy (non-hydrogen) atoms. The third-order valence-corrected chi connectivity index (χ3v) is 3.91. The van der Waals surface area contributed by atoms with Gasteiger partial charge in [-0.2, -0.15) is 0 Å². The predicted molar refractivity (Wildman–Crippen MR) is 74.9 cm³/mol. The van der Waals surface area contributed by atoms with Gasteiger partial charge in [-0.15, -0.1) is 0 Å². The number of halogens is 1. The number of hydrogen-bond donors (Lipinski definition) is 1. The van der Waals surface area contributed by atoms with E-state index in [1.807, 2.05) is 0 Å². The average Bonchev–Trinajstić information content (AvgIpc) is 2.77. The Morgan fingerprint density at radius 1 is 1.47 bits per heavy atom. The lowest BCUT2D eigenvalue weighted by atomic mass is 10.1. The van der Waals surface area contributed by atoms with E-state index in [0.717, 1.165) is 18.0 Å². The number of benzene rings is 1. The highest BCUT2D eigenvalue weighted by Crippen LogP contribution is 2.33. The number of hydrogen-bond acceptors (Lipinski definition) is 2. The quantitative estimate of drug-likeness (QED) is 0.892. The summed E-state index contributed by atoms with van der Waals surface area (Å²) in [6.07, 6.45) is 4.66. The Hall–Kier alpha value is -0.730. The molecule has 1 fully saturated rings. The molecule has 1 aromatic carbocycles. The number of nitrogens with zero attached hydrogens (tertiary/aromatic N) is 1. The van der Waals surface area contributed by atoms with Gasteiger partial charge < -0.3 is 10.6 Å². The van der Waals surface area contributed by atoms with Crippen LogP contribution in [0.5, 0.6) is 0 Å². The van der Waals surface area contributed by atoms with Crippen LogP contribution in [0.4, 0.5) is 5.69 Å². The largest absolute Gasteiger partial charge is 0.367 e. The first-order chi connectivity index (χ1) is 8.26. The van der Waals surface area contributed by atoms with Crippen LogP contribution in [0.25, 0.3) is 0 Å². The maximum Gasteiger partial charge on any atom is 0.0642 e. The predicted octanol–water partition coefficient (Wildman–Crippen LogP) is 3.22. The zero-order chi connectivity index (χ0) is 12.3. The summed E-state index contributed by atoms with van der Waals surface area (Å²) in [6, 6.07) is 7.03. The highest BCUT2D eigenvalue weighted by atomic mass is 35.5. The molecule has 1 heterocycles. The van der Waals surface area contributed by atoms with E-state index < -0.39 is 0 Å². The second-order valence-corrected chi connectivity index (χ2v) is 5.13. The topological polar surface area (TPSA) is 29.3 Å². The molecule has 2 N–H and O–H groups in total. The summed E-state index contributed by atoms with van der Waals surface area (Å²) in [5, 5.41) is 0.872. The van der Waals surface area contributed by atoms with E-state index in [1.54, 1.807) is 0 Å². The smallest absolute Gasteiger partial charge is 0.0642 e. The van der Waals surface area contributed by atoms with Gasteiger partial charge in [0.1, 0.15) is 0 Å². The maximum absolute atomic E-state index is 6.38. The van der Waals surface area contributed by atoms with Gasteiger partial charge in [0.15, 0.2) is 0 Å². The fraction of sp³-hybridized carbons (Fsp3) is 0.571. The van der Waals surface area contributed by atoms with Crippen LogP contribution in [-0.4, -0.2) is 19.1 Å². The third kappa shape index (κ3) is 2.75. The van der Waals surface area contributed by atoms with E-state index in [1.165, 1.54) is 30.5 Å². The molecular weight excluding hydrogens is 232 g/mol. The van der Waals surface area contributed by atoms with Crippen LogP contribution in [0.2, 0.25) is 5.02 Å². The van der Waals surface area contributed by atoms with Crippen molar-refractivity contribution in [1.29, 1.82) is 0 Å². The molecule has 1 aromatic rings. The van der Waals surface area contributed by atoms with Gasteiger partial charge in [0.05, 0.1) is 10.7 Å². The summed E-state index contributed by atoms with van der Waals surface area (Å²) < 4.78 is 0. The molecule has 0 amide bonds. The Morgan fingerprint density at radius 3 is 2.94 bits per heavy atom. The normalized spacial score (nSPS) is 19.9. The summed E-state index contributed by atoms with van der Waals surface area (Å²) in [5.74, 6) is 0. The summed E-state index contributed by atoms with van der Waals surface area (Å²) in [6.45, 7) is 4.06. The van der Waals surface area contributed by atoms with Crippen LogP contribution >= 0.6 is 11.6 Å². The van der Waals surface area contributed by atoms with Gasteiger partial charge in [0.25, 0.3) is 0 Å². The summed E-state index contributed by atoms with van der Waals surface area (Å²) in [7, 11) is 0. The molecule has 1 aliphatic rings. The van der Waals surface area contributed by atoms with Gasteiger partial charge in [-0.25, -0.2) is 0 Å². The molecule has 2 nitrogen and oxygen atoms in total. The van der Waals surface area contributed by atoms with Crippen LogP contribution in [-0.2, 0) is 6.42 Å². The molecule has 1 atom stereocenters.